The van der Waals surface area contributed by atoms with Crippen LogP contribution in [0, 0.1) is 25.2 Å². The number of nitrogens with zero attached hydrogens (tertiary/aromatic N) is 2. The summed E-state index contributed by atoms with van der Waals surface area (Å²) in [5.41, 5.74) is 0.901. The number of aromatic nitrogens is 1. The normalized spacial score (nSPS) is 9.55. The van der Waals surface area contributed by atoms with Crippen LogP contribution < -0.4 is 0 Å². The molecule has 1 aromatic heterocycles. The molecule has 0 unspecified atom stereocenters. The summed E-state index contributed by atoms with van der Waals surface area (Å²) in [5, 5.41) is 8.31. The zero-order valence-corrected chi connectivity index (χ0v) is 6.72. The first-order valence-corrected chi connectivity index (χ1v) is 3.54. The van der Waals surface area contributed by atoms with Gasteiger partial charge in [-0.15, -0.1) is 0 Å². The van der Waals surface area contributed by atoms with Gasteiger partial charge in [0, 0.05) is 19.8 Å². The Balaban J connectivity index is 2.71. The monoisotopic (exact) mass is 150 g/mol. The van der Waals surface area contributed by atoms with Crippen LogP contribution in [0.1, 0.15) is 23.8 Å². The van der Waals surface area contributed by atoms with Crippen LogP contribution in [0.3, 0.4) is 0 Å². The van der Waals surface area contributed by atoms with Gasteiger partial charge in [0.15, 0.2) is 5.89 Å². The summed E-state index contributed by atoms with van der Waals surface area (Å²) in [7, 11) is 0. The summed E-state index contributed by atoms with van der Waals surface area (Å²) in [6.07, 6.45) is 1.17. The molecule has 0 aliphatic carbocycles. The van der Waals surface area contributed by atoms with Gasteiger partial charge < -0.3 is 4.42 Å². The van der Waals surface area contributed by atoms with Crippen LogP contribution in [-0.4, -0.2) is 4.98 Å². The predicted octanol–water partition coefficient (Wildman–Crippen LogP) is 1.75. The summed E-state index contributed by atoms with van der Waals surface area (Å²) in [6, 6.07) is 2.06. The lowest BCUT2D eigenvalue weighted by atomic mass is 10.2. The predicted molar refractivity (Wildman–Crippen MR) is 39.9 cm³/mol. The van der Waals surface area contributed by atoms with Gasteiger partial charge in [-0.3, -0.25) is 0 Å². The van der Waals surface area contributed by atoms with E-state index >= 15 is 0 Å². The molecule has 0 bridgehead atoms. The van der Waals surface area contributed by atoms with Crippen LogP contribution in [0.5, 0.6) is 0 Å². The van der Waals surface area contributed by atoms with Gasteiger partial charge in [0.05, 0.1) is 11.8 Å². The van der Waals surface area contributed by atoms with Crippen LogP contribution >= 0.6 is 0 Å². The Kier molecular flexibility index (Phi) is 2.27. The lowest BCUT2D eigenvalue weighted by Gasteiger charge is -1.88. The van der Waals surface area contributed by atoms with Crippen LogP contribution in [0.4, 0.5) is 0 Å². The van der Waals surface area contributed by atoms with Crippen molar-refractivity contribution in [2.24, 2.45) is 0 Å². The van der Waals surface area contributed by atoms with Crippen molar-refractivity contribution in [1.29, 1.82) is 5.26 Å². The van der Waals surface area contributed by atoms with E-state index in [4.69, 9.17) is 9.68 Å². The molecule has 0 spiro atoms. The molecule has 1 heterocycles. The SMILES string of the molecule is Cc1nc(C)c(CCC#N)o1. The number of aryl methyl sites for hydroxylation is 3. The fourth-order valence-corrected chi connectivity index (χ4v) is 0.975. The van der Waals surface area contributed by atoms with Crippen molar-refractivity contribution >= 4 is 0 Å². The Hall–Kier alpha value is -1.30. The largest absolute Gasteiger partial charge is 0.446 e. The second-order valence-electron chi connectivity index (χ2n) is 2.40. The molecular formula is C8H10N2O. The molecule has 11 heavy (non-hydrogen) atoms. The average Bonchev–Trinajstić information content (AvgIpc) is 2.26. The molecule has 0 aliphatic heterocycles. The second-order valence-corrected chi connectivity index (χ2v) is 2.40. The first-order valence-electron chi connectivity index (χ1n) is 3.54. The summed E-state index contributed by atoms with van der Waals surface area (Å²) in [4.78, 5) is 4.09. The fourth-order valence-electron chi connectivity index (χ4n) is 0.975. The Labute approximate surface area is 65.7 Å². The molecular weight excluding hydrogens is 140 g/mol. The van der Waals surface area contributed by atoms with Crippen molar-refractivity contribution in [3.63, 3.8) is 0 Å². The zero-order valence-electron chi connectivity index (χ0n) is 6.72. The highest BCUT2D eigenvalue weighted by molar-refractivity contribution is 5.08. The topological polar surface area (TPSA) is 49.8 Å². The Morgan fingerprint density at radius 1 is 1.55 bits per heavy atom. The molecule has 0 N–H and O–H groups in total. The third-order valence-corrected chi connectivity index (χ3v) is 1.46. The molecule has 0 radical (unpaired) electrons. The van der Waals surface area contributed by atoms with E-state index in [-0.39, 0.29) is 0 Å². The van der Waals surface area contributed by atoms with Gasteiger partial charge in [0.25, 0.3) is 0 Å². The molecule has 1 aromatic rings. The summed E-state index contributed by atoms with van der Waals surface area (Å²) in [5.74, 6) is 1.51. The highest BCUT2D eigenvalue weighted by Crippen LogP contribution is 2.10. The molecule has 0 aliphatic rings. The van der Waals surface area contributed by atoms with Crippen molar-refractivity contribution in [1.82, 2.24) is 4.98 Å². The molecule has 1 rings (SSSR count). The molecule has 0 aromatic carbocycles. The highest BCUT2D eigenvalue weighted by atomic mass is 16.4. The maximum absolute atomic E-state index is 8.31. The van der Waals surface area contributed by atoms with Gasteiger partial charge in [-0.2, -0.15) is 5.26 Å². The minimum absolute atomic E-state index is 0.496. The van der Waals surface area contributed by atoms with Gasteiger partial charge >= 0.3 is 0 Å². The summed E-state index contributed by atoms with van der Waals surface area (Å²) in [6.45, 7) is 3.70. The van der Waals surface area contributed by atoms with E-state index in [0.29, 0.717) is 18.7 Å². The molecule has 0 saturated heterocycles. The van der Waals surface area contributed by atoms with E-state index in [0.717, 1.165) is 11.5 Å². The molecule has 58 valence electrons. The Morgan fingerprint density at radius 3 is 2.73 bits per heavy atom. The van der Waals surface area contributed by atoms with E-state index < -0.39 is 0 Å². The number of nitriles is 1. The zero-order chi connectivity index (χ0) is 8.27. The maximum atomic E-state index is 8.31. The number of rotatable bonds is 2. The average molecular weight is 150 g/mol. The van der Waals surface area contributed by atoms with Crippen molar-refractivity contribution in [2.45, 2.75) is 26.7 Å². The number of hydrogen-bond acceptors (Lipinski definition) is 3. The highest BCUT2D eigenvalue weighted by Gasteiger charge is 2.04. The molecule has 0 fully saturated rings. The third kappa shape index (κ3) is 1.81. The van der Waals surface area contributed by atoms with E-state index in [9.17, 15) is 0 Å². The molecule has 3 nitrogen and oxygen atoms in total. The van der Waals surface area contributed by atoms with Crippen LogP contribution in [-0.2, 0) is 6.42 Å². The van der Waals surface area contributed by atoms with Crippen LogP contribution in [0.15, 0.2) is 4.42 Å². The van der Waals surface area contributed by atoms with Gasteiger partial charge in [-0.25, -0.2) is 4.98 Å². The minimum atomic E-state index is 0.496. The van der Waals surface area contributed by atoms with E-state index in [1.807, 2.05) is 13.8 Å². The molecule has 0 amide bonds. The Bertz CT molecular complexity index is 283. The number of hydrogen-bond donors (Lipinski definition) is 0. The Morgan fingerprint density at radius 2 is 2.27 bits per heavy atom. The maximum Gasteiger partial charge on any atom is 0.191 e. The molecule has 3 heteroatoms. The summed E-state index contributed by atoms with van der Waals surface area (Å²) < 4.78 is 5.25. The minimum Gasteiger partial charge on any atom is -0.446 e. The van der Waals surface area contributed by atoms with Gasteiger partial charge in [-0.1, -0.05) is 0 Å². The quantitative estimate of drug-likeness (QED) is 0.645. The van der Waals surface area contributed by atoms with Crippen molar-refractivity contribution < 1.29 is 4.42 Å². The van der Waals surface area contributed by atoms with Gasteiger partial charge in [0.1, 0.15) is 5.76 Å². The number of oxazole rings is 1. The first kappa shape index (κ1) is 7.80. The smallest absolute Gasteiger partial charge is 0.191 e. The van der Waals surface area contributed by atoms with E-state index in [1.165, 1.54) is 0 Å². The van der Waals surface area contributed by atoms with Gasteiger partial charge in [-0.05, 0) is 6.92 Å². The van der Waals surface area contributed by atoms with Gasteiger partial charge in [0.2, 0.25) is 0 Å². The third-order valence-electron chi connectivity index (χ3n) is 1.46. The second kappa shape index (κ2) is 3.20. The van der Waals surface area contributed by atoms with Crippen molar-refractivity contribution in [3.8, 4) is 6.07 Å². The molecule has 0 saturated carbocycles. The lowest BCUT2D eigenvalue weighted by Crippen LogP contribution is -1.83. The molecule has 0 atom stereocenters. The van der Waals surface area contributed by atoms with E-state index in [1.54, 1.807) is 0 Å². The standard InChI is InChI=1S/C8H10N2O/c1-6-8(4-3-5-9)11-7(2)10-6/h3-4H2,1-2H3. The van der Waals surface area contributed by atoms with Crippen LogP contribution in [0.25, 0.3) is 0 Å². The van der Waals surface area contributed by atoms with Crippen molar-refractivity contribution in [3.05, 3.63) is 17.3 Å². The summed E-state index contributed by atoms with van der Waals surface area (Å²) >= 11 is 0. The fraction of sp³-hybridized carbons (Fsp3) is 0.500. The van der Waals surface area contributed by atoms with E-state index in [2.05, 4.69) is 11.1 Å². The lowest BCUT2D eigenvalue weighted by molar-refractivity contribution is 0.474. The first-order chi connectivity index (χ1) is 5.24. The van der Waals surface area contributed by atoms with Crippen molar-refractivity contribution in [2.75, 3.05) is 0 Å². The van der Waals surface area contributed by atoms with Crippen LogP contribution in [0.2, 0.25) is 0 Å².